The van der Waals surface area contributed by atoms with Gasteiger partial charge in [-0.3, -0.25) is 20.2 Å². The number of aromatic nitrogens is 1. The van der Waals surface area contributed by atoms with Crippen LogP contribution in [0.15, 0.2) is 47.8 Å². The molecular formula is C18H15N3O5S. The van der Waals surface area contributed by atoms with E-state index in [2.05, 4.69) is 10.3 Å². The summed E-state index contributed by atoms with van der Waals surface area (Å²) >= 11 is 1.22. The van der Waals surface area contributed by atoms with Crippen molar-refractivity contribution in [1.82, 2.24) is 4.98 Å². The molecule has 138 valence electrons. The van der Waals surface area contributed by atoms with Crippen LogP contribution >= 0.6 is 11.3 Å². The van der Waals surface area contributed by atoms with Crippen molar-refractivity contribution in [2.45, 2.75) is 0 Å². The summed E-state index contributed by atoms with van der Waals surface area (Å²) in [6.45, 7) is 0. The van der Waals surface area contributed by atoms with E-state index in [1.807, 2.05) is 0 Å². The fourth-order valence-corrected chi connectivity index (χ4v) is 3.11. The van der Waals surface area contributed by atoms with Gasteiger partial charge in [0.25, 0.3) is 11.6 Å². The monoisotopic (exact) mass is 385 g/mol. The molecule has 0 bridgehead atoms. The molecule has 0 radical (unpaired) electrons. The number of carbonyl (C=O) groups is 1. The van der Waals surface area contributed by atoms with Crippen molar-refractivity contribution in [1.29, 1.82) is 0 Å². The number of thiazole rings is 1. The molecule has 2 aromatic carbocycles. The Morgan fingerprint density at radius 3 is 2.70 bits per heavy atom. The van der Waals surface area contributed by atoms with Crippen molar-refractivity contribution in [3.63, 3.8) is 0 Å². The minimum absolute atomic E-state index is 0.0194. The minimum Gasteiger partial charge on any atom is -0.497 e. The highest BCUT2D eigenvalue weighted by Gasteiger charge is 2.16. The highest BCUT2D eigenvalue weighted by molar-refractivity contribution is 7.14. The van der Waals surface area contributed by atoms with Gasteiger partial charge in [-0.25, -0.2) is 4.98 Å². The lowest BCUT2D eigenvalue weighted by Gasteiger charge is -2.09. The molecule has 0 atom stereocenters. The molecule has 1 N–H and O–H groups in total. The summed E-state index contributed by atoms with van der Waals surface area (Å²) in [5.41, 5.74) is 1.46. The Hall–Kier alpha value is -3.46. The van der Waals surface area contributed by atoms with E-state index in [1.165, 1.54) is 37.7 Å². The van der Waals surface area contributed by atoms with E-state index >= 15 is 0 Å². The second-order valence-electron chi connectivity index (χ2n) is 5.37. The van der Waals surface area contributed by atoms with Crippen LogP contribution in [0, 0.1) is 10.1 Å². The maximum Gasteiger partial charge on any atom is 0.270 e. The smallest absolute Gasteiger partial charge is 0.270 e. The molecule has 0 saturated heterocycles. The van der Waals surface area contributed by atoms with Crippen molar-refractivity contribution in [2.75, 3.05) is 19.5 Å². The lowest BCUT2D eigenvalue weighted by Crippen LogP contribution is -2.13. The highest BCUT2D eigenvalue weighted by atomic mass is 32.1. The summed E-state index contributed by atoms with van der Waals surface area (Å²) in [6, 6.07) is 11.0. The number of rotatable bonds is 6. The number of carbonyl (C=O) groups excluding carboxylic acids is 1. The molecule has 0 saturated carbocycles. The molecule has 0 aliphatic carbocycles. The predicted molar refractivity (Wildman–Crippen MR) is 102 cm³/mol. The molecule has 27 heavy (non-hydrogen) atoms. The lowest BCUT2D eigenvalue weighted by molar-refractivity contribution is -0.384. The fraction of sp³-hybridized carbons (Fsp3) is 0.111. The van der Waals surface area contributed by atoms with Gasteiger partial charge >= 0.3 is 0 Å². The molecule has 0 aliphatic heterocycles. The van der Waals surface area contributed by atoms with Crippen LogP contribution in [0.2, 0.25) is 0 Å². The van der Waals surface area contributed by atoms with Crippen LogP contribution in [-0.2, 0) is 0 Å². The summed E-state index contributed by atoms with van der Waals surface area (Å²) in [5.74, 6) is 0.572. The van der Waals surface area contributed by atoms with E-state index in [0.717, 1.165) is 0 Å². The quantitative estimate of drug-likeness (QED) is 0.508. The predicted octanol–water partition coefficient (Wildman–Crippen LogP) is 3.99. The van der Waals surface area contributed by atoms with Gasteiger partial charge in [0, 0.05) is 29.1 Å². The largest absolute Gasteiger partial charge is 0.497 e. The molecule has 3 aromatic rings. The topological polar surface area (TPSA) is 104 Å². The van der Waals surface area contributed by atoms with Crippen molar-refractivity contribution >= 4 is 28.1 Å². The Morgan fingerprint density at radius 2 is 2.00 bits per heavy atom. The number of hydrogen-bond acceptors (Lipinski definition) is 7. The van der Waals surface area contributed by atoms with E-state index in [4.69, 9.17) is 9.47 Å². The standard InChI is InChI=1S/C18H15N3O5S/c1-25-13-6-7-14(16(9-13)26-2)17(22)20-18-19-15(10-27-18)11-4-3-5-12(8-11)21(23)24/h3-10H,1-2H3,(H,19,20,22). The third-order valence-corrected chi connectivity index (χ3v) is 4.49. The molecule has 0 unspecified atom stereocenters. The van der Waals surface area contributed by atoms with Gasteiger partial charge in [-0.05, 0) is 12.1 Å². The maximum absolute atomic E-state index is 12.5. The first-order valence-electron chi connectivity index (χ1n) is 7.75. The SMILES string of the molecule is COc1ccc(C(=O)Nc2nc(-c3cccc([N+](=O)[O-])c3)cs2)c(OC)c1. The molecule has 0 aliphatic rings. The van der Waals surface area contributed by atoms with Crippen LogP contribution in [-0.4, -0.2) is 30.0 Å². The Bertz CT molecular complexity index is 1000. The maximum atomic E-state index is 12.5. The van der Waals surface area contributed by atoms with Crippen LogP contribution in [0.25, 0.3) is 11.3 Å². The van der Waals surface area contributed by atoms with Crippen LogP contribution < -0.4 is 14.8 Å². The first-order valence-corrected chi connectivity index (χ1v) is 8.63. The Kier molecular flexibility index (Phi) is 5.32. The molecule has 8 nitrogen and oxygen atoms in total. The van der Waals surface area contributed by atoms with Crippen molar-refractivity contribution in [3.05, 3.63) is 63.5 Å². The summed E-state index contributed by atoms with van der Waals surface area (Å²) in [7, 11) is 2.99. The van der Waals surface area contributed by atoms with Gasteiger partial charge < -0.3 is 9.47 Å². The Labute approximate surface area is 158 Å². The van der Waals surface area contributed by atoms with Crippen LogP contribution in [0.4, 0.5) is 10.8 Å². The number of ether oxygens (including phenoxy) is 2. The number of methoxy groups -OCH3 is 2. The van der Waals surface area contributed by atoms with Crippen LogP contribution in [0.5, 0.6) is 11.5 Å². The van der Waals surface area contributed by atoms with Gasteiger partial charge in [-0.2, -0.15) is 0 Å². The number of nitrogens with one attached hydrogen (secondary N) is 1. The van der Waals surface area contributed by atoms with E-state index < -0.39 is 4.92 Å². The number of amides is 1. The van der Waals surface area contributed by atoms with Gasteiger partial charge in [0.2, 0.25) is 0 Å². The molecule has 1 heterocycles. The van der Waals surface area contributed by atoms with E-state index in [-0.39, 0.29) is 11.6 Å². The van der Waals surface area contributed by atoms with Gasteiger partial charge in [-0.15, -0.1) is 11.3 Å². The number of hydrogen-bond donors (Lipinski definition) is 1. The fourth-order valence-electron chi connectivity index (χ4n) is 2.39. The van der Waals surface area contributed by atoms with E-state index in [0.29, 0.717) is 33.5 Å². The summed E-state index contributed by atoms with van der Waals surface area (Å²) < 4.78 is 10.4. The Morgan fingerprint density at radius 1 is 1.19 bits per heavy atom. The summed E-state index contributed by atoms with van der Waals surface area (Å²) in [6.07, 6.45) is 0. The molecule has 1 amide bonds. The van der Waals surface area contributed by atoms with Crippen LogP contribution in [0.3, 0.4) is 0 Å². The average Bonchev–Trinajstić information content (AvgIpc) is 3.15. The van der Waals surface area contributed by atoms with Crippen molar-refractivity contribution in [2.24, 2.45) is 0 Å². The average molecular weight is 385 g/mol. The zero-order valence-corrected chi connectivity index (χ0v) is 15.3. The molecule has 3 rings (SSSR count). The molecule has 1 aromatic heterocycles. The minimum atomic E-state index is -0.464. The highest BCUT2D eigenvalue weighted by Crippen LogP contribution is 2.29. The third-order valence-electron chi connectivity index (χ3n) is 3.73. The molecular weight excluding hydrogens is 370 g/mol. The normalized spacial score (nSPS) is 10.3. The van der Waals surface area contributed by atoms with Crippen molar-refractivity contribution in [3.8, 4) is 22.8 Å². The first-order chi connectivity index (χ1) is 13.0. The molecule has 9 heteroatoms. The van der Waals surface area contributed by atoms with Gasteiger partial charge in [0.05, 0.1) is 30.4 Å². The number of nitro groups is 1. The Balaban J connectivity index is 1.81. The second-order valence-corrected chi connectivity index (χ2v) is 6.22. The van der Waals surface area contributed by atoms with Crippen LogP contribution in [0.1, 0.15) is 10.4 Å². The van der Waals surface area contributed by atoms with Crippen molar-refractivity contribution < 1.29 is 19.2 Å². The van der Waals surface area contributed by atoms with Gasteiger partial charge in [0.1, 0.15) is 11.5 Å². The number of benzene rings is 2. The second kappa shape index (κ2) is 7.83. The zero-order valence-electron chi connectivity index (χ0n) is 14.5. The molecule has 0 spiro atoms. The zero-order chi connectivity index (χ0) is 19.4. The number of anilines is 1. The molecule has 0 fully saturated rings. The first kappa shape index (κ1) is 18.3. The number of nitro benzene ring substituents is 1. The third kappa shape index (κ3) is 4.04. The number of non-ortho nitro benzene ring substituents is 1. The summed E-state index contributed by atoms with van der Waals surface area (Å²) in [5, 5.41) is 15.7. The van der Waals surface area contributed by atoms with E-state index in [9.17, 15) is 14.9 Å². The number of nitrogens with zero attached hydrogens (tertiary/aromatic N) is 2. The van der Waals surface area contributed by atoms with Gasteiger partial charge in [0.15, 0.2) is 5.13 Å². The lowest BCUT2D eigenvalue weighted by atomic mass is 10.1. The summed E-state index contributed by atoms with van der Waals surface area (Å²) in [4.78, 5) is 27.3. The van der Waals surface area contributed by atoms with E-state index in [1.54, 1.807) is 35.7 Å². The van der Waals surface area contributed by atoms with Gasteiger partial charge in [-0.1, -0.05) is 12.1 Å².